The lowest BCUT2D eigenvalue weighted by atomic mass is 10.1. The van der Waals surface area contributed by atoms with Crippen LogP contribution < -0.4 is 5.32 Å². The minimum absolute atomic E-state index is 0.409. The maximum atomic E-state index is 5.98. The van der Waals surface area contributed by atoms with Crippen molar-refractivity contribution in [2.75, 3.05) is 0 Å². The van der Waals surface area contributed by atoms with Crippen LogP contribution in [0.15, 0.2) is 24.3 Å². The third kappa shape index (κ3) is 2.96. The SMILES string of the molecule is C[C@H](NC1CCCC1)c1cccc(Cl)c1. The van der Waals surface area contributed by atoms with Crippen LogP contribution in [0.3, 0.4) is 0 Å². The van der Waals surface area contributed by atoms with E-state index < -0.39 is 0 Å². The second-order valence-electron chi connectivity index (χ2n) is 4.42. The third-order valence-corrected chi connectivity index (χ3v) is 3.42. The van der Waals surface area contributed by atoms with Crippen LogP contribution >= 0.6 is 11.6 Å². The molecule has 0 saturated heterocycles. The first kappa shape index (κ1) is 11.0. The Morgan fingerprint density at radius 1 is 1.33 bits per heavy atom. The predicted molar refractivity (Wildman–Crippen MR) is 65.3 cm³/mol. The molecule has 82 valence electrons. The molecule has 1 aliphatic rings. The summed E-state index contributed by atoms with van der Waals surface area (Å²) in [6, 6.07) is 9.25. The summed E-state index contributed by atoms with van der Waals surface area (Å²) in [6.07, 6.45) is 5.40. The summed E-state index contributed by atoms with van der Waals surface area (Å²) in [5.41, 5.74) is 1.29. The molecule has 1 saturated carbocycles. The van der Waals surface area contributed by atoms with Gasteiger partial charge in [-0.05, 0) is 37.5 Å². The summed E-state index contributed by atoms with van der Waals surface area (Å²) in [5, 5.41) is 4.49. The van der Waals surface area contributed by atoms with Crippen molar-refractivity contribution in [2.24, 2.45) is 0 Å². The highest BCUT2D eigenvalue weighted by Crippen LogP contribution is 2.23. The van der Waals surface area contributed by atoms with Crippen LogP contribution in [-0.4, -0.2) is 6.04 Å². The van der Waals surface area contributed by atoms with E-state index in [9.17, 15) is 0 Å². The molecule has 0 unspecified atom stereocenters. The zero-order chi connectivity index (χ0) is 10.7. The fourth-order valence-electron chi connectivity index (χ4n) is 2.32. The summed E-state index contributed by atoms with van der Waals surface area (Å²) >= 11 is 5.98. The minimum atomic E-state index is 0.409. The maximum Gasteiger partial charge on any atom is 0.0409 e. The molecular weight excluding hydrogens is 206 g/mol. The van der Waals surface area contributed by atoms with E-state index in [1.165, 1.54) is 31.2 Å². The van der Waals surface area contributed by atoms with Gasteiger partial charge < -0.3 is 5.32 Å². The molecule has 1 atom stereocenters. The molecule has 0 bridgehead atoms. The Morgan fingerprint density at radius 2 is 2.07 bits per heavy atom. The molecular formula is C13H18ClN. The van der Waals surface area contributed by atoms with Crippen molar-refractivity contribution < 1.29 is 0 Å². The smallest absolute Gasteiger partial charge is 0.0409 e. The summed E-state index contributed by atoms with van der Waals surface area (Å²) in [5.74, 6) is 0. The number of rotatable bonds is 3. The Bertz CT molecular complexity index is 318. The Hall–Kier alpha value is -0.530. The van der Waals surface area contributed by atoms with Gasteiger partial charge in [-0.1, -0.05) is 36.6 Å². The van der Waals surface area contributed by atoms with Gasteiger partial charge in [0.25, 0.3) is 0 Å². The average Bonchev–Trinajstić information content (AvgIpc) is 2.70. The van der Waals surface area contributed by atoms with Crippen molar-refractivity contribution in [2.45, 2.75) is 44.7 Å². The van der Waals surface area contributed by atoms with Gasteiger partial charge in [-0.15, -0.1) is 0 Å². The average molecular weight is 224 g/mol. The largest absolute Gasteiger partial charge is 0.307 e. The molecule has 2 rings (SSSR count). The second kappa shape index (κ2) is 5.00. The first-order valence-corrected chi connectivity index (χ1v) is 6.15. The number of hydrogen-bond acceptors (Lipinski definition) is 1. The highest BCUT2D eigenvalue weighted by atomic mass is 35.5. The zero-order valence-electron chi connectivity index (χ0n) is 9.17. The van der Waals surface area contributed by atoms with Crippen molar-refractivity contribution >= 4 is 11.6 Å². The minimum Gasteiger partial charge on any atom is -0.307 e. The quantitative estimate of drug-likeness (QED) is 0.819. The van der Waals surface area contributed by atoms with Gasteiger partial charge in [-0.2, -0.15) is 0 Å². The highest BCUT2D eigenvalue weighted by molar-refractivity contribution is 6.30. The molecule has 0 heterocycles. The van der Waals surface area contributed by atoms with Crippen molar-refractivity contribution in [3.05, 3.63) is 34.9 Å². The molecule has 15 heavy (non-hydrogen) atoms. The summed E-state index contributed by atoms with van der Waals surface area (Å²) in [6.45, 7) is 2.21. The molecule has 1 aromatic rings. The molecule has 1 N–H and O–H groups in total. The van der Waals surface area contributed by atoms with Crippen molar-refractivity contribution in [1.29, 1.82) is 0 Å². The number of benzene rings is 1. The van der Waals surface area contributed by atoms with E-state index in [2.05, 4.69) is 18.3 Å². The Kier molecular flexibility index (Phi) is 3.66. The maximum absolute atomic E-state index is 5.98. The van der Waals surface area contributed by atoms with E-state index in [1.54, 1.807) is 0 Å². The fraction of sp³-hybridized carbons (Fsp3) is 0.538. The molecule has 1 fully saturated rings. The van der Waals surface area contributed by atoms with E-state index in [0.29, 0.717) is 12.1 Å². The van der Waals surface area contributed by atoms with Gasteiger partial charge in [0.2, 0.25) is 0 Å². The Labute approximate surface area is 96.8 Å². The first-order chi connectivity index (χ1) is 7.25. The van der Waals surface area contributed by atoms with Gasteiger partial charge in [0, 0.05) is 17.1 Å². The summed E-state index contributed by atoms with van der Waals surface area (Å²) in [4.78, 5) is 0. The van der Waals surface area contributed by atoms with E-state index in [0.717, 1.165) is 5.02 Å². The van der Waals surface area contributed by atoms with E-state index in [-0.39, 0.29) is 0 Å². The lowest BCUT2D eigenvalue weighted by Gasteiger charge is -2.19. The van der Waals surface area contributed by atoms with E-state index in [1.807, 2.05) is 18.2 Å². The zero-order valence-corrected chi connectivity index (χ0v) is 9.93. The summed E-state index contributed by atoms with van der Waals surface area (Å²) < 4.78 is 0. The van der Waals surface area contributed by atoms with Crippen LogP contribution in [0.2, 0.25) is 5.02 Å². The van der Waals surface area contributed by atoms with Crippen LogP contribution in [0.5, 0.6) is 0 Å². The molecule has 0 radical (unpaired) electrons. The van der Waals surface area contributed by atoms with Gasteiger partial charge in [0.1, 0.15) is 0 Å². The number of hydrogen-bond donors (Lipinski definition) is 1. The normalized spacial score (nSPS) is 19.3. The van der Waals surface area contributed by atoms with Crippen molar-refractivity contribution in [3.63, 3.8) is 0 Å². The van der Waals surface area contributed by atoms with Crippen LogP contribution in [0.25, 0.3) is 0 Å². The lowest BCUT2D eigenvalue weighted by molar-refractivity contribution is 0.461. The highest BCUT2D eigenvalue weighted by Gasteiger charge is 2.17. The molecule has 0 amide bonds. The monoisotopic (exact) mass is 223 g/mol. The molecule has 2 heteroatoms. The molecule has 0 aliphatic heterocycles. The first-order valence-electron chi connectivity index (χ1n) is 5.77. The van der Waals surface area contributed by atoms with Crippen molar-refractivity contribution in [3.8, 4) is 0 Å². The Balaban J connectivity index is 1.97. The van der Waals surface area contributed by atoms with Gasteiger partial charge in [0.05, 0.1) is 0 Å². The van der Waals surface area contributed by atoms with Crippen molar-refractivity contribution in [1.82, 2.24) is 5.32 Å². The lowest BCUT2D eigenvalue weighted by Crippen LogP contribution is -2.28. The molecule has 1 nitrogen and oxygen atoms in total. The van der Waals surface area contributed by atoms with E-state index >= 15 is 0 Å². The van der Waals surface area contributed by atoms with E-state index in [4.69, 9.17) is 11.6 Å². The van der Waals surface area contributed by atoms with Gasteiger partial charge >= 0.3 is 0 Å². The van der Waals surface area contributed by atoms with Crippen LogP contribution in [0.1, 0.15) is 44.2 Å². The van der Waals surface area contributed by atoms with Gasteiger partial charge in [-0.3, -0.25) is 0 Å². The topological polar surface area (TPSA) is 12.0 Å². The third-order valence-electron chi connectivity index (χ3n) is 3.19. The number of nitrogens with one attached hydrogen (secondary N) is 1. The predicted octanol–water partition coefficient (Wildman–Crippen LogP) is 3.93. The van der Waals surface area contributed by atoms with Crippen LogP contribution in [0.4, 0.5) is 0 Å². The van der Waals surface area contributed by atoms with Crippen LogP contribution in [0, 0.1) is 0 Å². The standard InChI is InChI=1S/C13H18ClN/c1-10(15-13-7-2-3-8-13)11-5-4-6-12(14)9-11/h4-6,9-10,13,15H,2-3,7-8H2,1H3/t10-/m0/s1. The summed E-state index contributed by atoms with van der Waals surface area (Å²) in [7, 11) is 0. The molecule has 0 spiro atoms. The van der Waals surface area contributed by atoms with Gasteiger partial charge in [0.15, 0.2) is 0 Å². The Morgan fingerprint density at radius 3 is 2.73 bits per heavy atom. The van der Waals surface area contributed by atoms with Crippen LogP contribution in [-0.2, 0) is 0 Å². The fourth-order valence-corrected chi connectivity index (χ4v) is 2.52. The second-order valence-corrected chi connectivity index (χ2v) is 4.86. The molecule has 0 aromatic heterocycles. The number of halogens is 1. The molecule has 1 aliphatic carbocycles. The van der Waals surface area contributed by atoms with Gasteiger partial charge in [-0.25, -0.2) is 0 Å². The molecule has 1 aromatic carbocycles.